The molecule has 0 radical (unpaired) electrons. The minimum absolute atomic E-state index is 0.0538. The first-order chi connectivity index (χ1) is 11.6. The van der Waals surface area contributed by atoms with Gasteiger partial charge in [0.2, 0.25) is 5.91 Å². The van der Waals surface area contributed by atoms with Gasteiger partial charge in [0.05, 0.1) is 5.69 Å². The van der Waals surface area contributed by atoms with Gasteiger partial charge in [-0.25, -0.2) is 0 Å². The Morgan fingerprint density at radius 2 is 1.88 bits per heavy atom. The quantitative estimate of drug-likeness (QED) is 0.916. The maximum absolute atomic E-state index is 12.3. The third-order valence-corrected chi connectivity index (χ3v) is 4.59. The molecular weight excluding hydrogens is 300 g/mol. The van der Waals surface area contributed by atoms with Crippen molar-refractivity contribution in [2.45, 2.75) is 45.7 Å². The van der Waals surface area contributed by atoms with E-state index >= 15 is 0 Å². The Hall–Kier alpha value is -2.14. The lowest BCUT2D eigenvalue weighted by molar-refractivity contribution is -0.119. The molecule has 1 fully saturated rings. The molecule has 1 atom stereocenters. The number of nitrogens with one attached hydrogen (secondary N) is 1. The number of aryl methyl sites for hydroxylation is 1. The highest BCUT2D eigenvalue weighted by Crippen LogP contribution is 2.16. The largest absolute Gasteiger partial charge is 0.324 e. The Kier molecular flexibility index (Phi) is 5.30. The van der Waals surface area contributed by atoms with Crippen molar-refractivity contribution < 1.29 is 4.79 Å². The maximum Gasteiger partial charge on any atom is 0.248 e. The summed E-state index contributed by atoms with van der Waals surface area (Å²) >= 11 is 0. The summed E-state index contributed by atoms with van der Waals surface area (Å²) in [5.41, 5.74) is 3.04. The average Bonchev–Trinajstić information content (AvgIpc) is 3.03. The molecule has 1 aromatic heterocycles. The van der Waals surface area contributed by atoms with Crippen molar-refractivity contribution in [2.75, 3.05) is 18.4 Å². The van der Waals surface area contributed by atoms with Gasteiger partial charge in [0.25, 0.3) is 0 Å². The molecule has 1 aromatic carbocycles. The van der Waals surface area contributed by atoms with Gasteiger partial charge in [0, 0.05) is 18.4 Å². The van der Waals surface area contributed by atoms with Crippen LogP contribution in [0.2, 0.25) is 0 Å². The third-order valence-electron chi connectivity index (χ3n) is 4.59. The minimum atomic E-state index is -0.327. The van der Waals surface area contributed by atoms with E-state index in [-0.39, 0.29) is 11.9 Å². The molecule has 5 nitrogen and oxygen atoms in total. The van der Waals surface area contributed by atoms with Gasteiger partial charge in [-0.15, -0.1) is 0 Å². The van der Waals surface area contributed by atoms with Crippen molar-refractivity contribution >= 4 is 11.6 Å². The van der Waals surface area contributed by atoms with E-state index in [9.17, 15) is 4.79 Å². The lowest BCUT2D eigenvalue weighted by Gasteiger charge is -2.26. The fourth-order valence-electron chi connectivity index (χ4n) is 3.08. The van der Waals surface area contributed by atoms with Crippen molar-refractivity contribution in [2.24, 2.45) is 0 Å². The Labute approximate surface area is 143 Å². The van der Waals surface area contributed by atoms with Crippen LogP contribution in [0.15, 0.2) is 36.5 Å². The molecule has 1 unspecified atom stereocenters. The molecule has 2 aromatic rings. The van der Waals surface area contributed by atoms with Gasteiger partial charge >= 0.3 is 0 Å². The monoisotopic (exact) mass is 326 g/mol. The first-order valence-electron chi connectivity index (χ1n) is 8.76. The van der Waals surface area contributed by atoms with Crippen LogP contribution in [0.1, 0.15) is 43.5 Å². The molecule has 0 aliphatic carbocycles. The van der Waals surface area contributed by atoms with Crippen LogP contribution in [0.5, 0.6) is 0 Å². The molecule has 1 aliphatic rings. The molecule has 5 heteroatoms. The fraction of sp³-hybridized carbons (Fsp3) is 0.474. The van der Waals surface area contributed by atoms with Crippen LogP contribution in [0, 0.1) is 6.92 Å². The van der Waals surface area contributed by atoms with Crippen LogP contribution in [0.3, 0.4) is 0 Å². The fourth-order valence-corrected chi connectivity index (χ4v) is 3.08. The van der Waals surface area contributed by atoms with E-state index in [2.05, 4.69) is 27.4 Å². The average molecular weight is 326 g/mol. The second-order valence-corrected chi connectivity index (χ2v) is 6.64. The molecular formula is C19H26N4O. The summed E-state index contributed by atoms with van der Waals surface area (Å²) in [5.74, 6) is -0.0538. The van der Waals surface area contributed by atoms with Crippen LogP contribution in [-0.2, 0) is 11.3 Å². The molecule has 0 saturated carbocycles. The third kappa shape index (κ3) is 4.23. The summed E-state index contributed by atoms with van der Waals surface area (Å²) in [6, 6.07) is 9.75. The van der Waals surface area contributed by atoms with E-state index in [1.165, 1.54) is 37.9 Å². The number of nitrogens with zero attached hydrogens (tertiary/aromatic N) is 3. The number of benzene rings is 1. The van der Waals surface area contributed by atoms with E-state index in [1.54, 1.807) is 4.68 Å². The zero-order valence-electron chi connectivity index (χ0n) is 14.5. The molecule has 1 N–H and O–H groups in total. The normalized spacial score (nSPS) is 16.8. The number of hydrogen-bond donors (Lipinski definition) is 1. The van der Waals surface area contributed by atoms with Gasteiger partial charge in [-0.05, 0) is 63.5 Å². The number of anilines is 1. The van der Waals surface area contributed by atoms with E-state index in [0.717, 1.165) is 17.9 Å². The smallest absolute Gasteiger partial charge is 0.248 e. The molecule has 0 spiro atoms. The van der Waals surface area contributed by atoms with Crippen LogP contribution in [-0.4, -0.2) is 33.7 Å². The molecule has 2 heterocycles. The number of carbonyl (C=O) groups excluding carboxylic acids is 1. The summed E-state index contributed by atoms with van der Waals surface area (Å²) in [6.45, 7) is 7.16. The minimum Gasteiger partial charge on any atom is -0.324 e. The van der Waals surface area contributed by atoms with E-state index in [1.807, 2.05) is 38.2 Å². The van der Waals surface area contributed by atoms with E-state index in [0.29, 0.717) is 0 Å². The molecule has 0 bridgehead atoms. The van der Waals surface area contributed by atoms with E-state index in [4.69, 9.17) is 0 Å². The van der Waals surface area contributed by atoms with Gasteiger partial charge in [-0.3, -0.25) is 14.4 Å². The Bertz CT molecular complexity index is 671. The van der Waals surface area contributed by atoms with Crippen LogP contribution >= 0.6 is 0 Å². The van der Waals surface area contributed by atoms with Gasteiger partial charge in [0.1, 0.15) is 6.04 Å². The summed E-state index contributed by atoms with van der Waals surface area (Å²) in [4.78, 5) is 14.8. The number of aromatic nitrogens is 2. The lowest BCUT2D eigenvalue weighted by atomic mass is 10.1. The predicted octanol–water partition coefficient (Wildman–Crippen LogP) is 3.38. The standard InChI is InChI=1S/C19H26N4O/c1-15-10-13-23(21-15)16(2)19(24)20-18-8-6-17(7-9-18)14-22-11-4-3-5-12-22/h6-10,13,16H,3-5,11-12,14H2,1-2H3,(H,20,24). The van der Waals surface area contributed by atoms with Crippen molar-refractivity contribution in [1.29, 1.82) is 0 Å². The molecule has 1 saturated heterocycles. The number of carbonyl (C=O) groups is 1. The zero-order valence-corrected chi connectivity index (χ0v) is 14.5. The zero-order chi connectivity index (χ0) is 16.9. The molecule has 24 heavy (non-hydrogen) atoms. The number of rotatable bonds is 5. The van der Waals surface area contributed by atoms with E-state index < -0.39 is 0 Å². The highest BCUT2D eigenvalue weighted by Gasteiger charge is 2.16. The van der Waals surface area contributed by atoms with Crippen LogP contribution < -0.4 is 5.32 Å². The lowest BCUT2D eigenvalue weighted by Crippen LogP contribution is -2.29. The first kappa shape index (κ1) is 16.7. The summed E-state index contributed by atoms with van der Waals surface area (Å²) in [5, 5.41) is 7.27. The molecule has 128 valence electrons. The molecule has 1 amide bonds. The van der Waals surface area contributed by atoms with Crippen molar-refractivity contribution in [3.8, 4) is 0 Å². The van der Waals surface area contributed by atoms with Gasteiger partial charge in [-0.1, -0.05) is 18.6 Å². The first-order valence-corrected chi connectivity index (χ1v) is 8.76. The number of likely N-dealkylation sites (tertiary alicyclic amines) is 1. The second-order valence-electron chi connectivity index (χ2n) is 6.64. The summed E-state index contributed by atoms with van der Waals surface area (Å²) < 4.78 is 1.69. The van der Waals surface area contributed by atoms with Crippen LogP contribution in [0.25, 0.3) is 0 Å². The number of hydrogen-bond acceptors (Lipinski definition) is 3. The molecule has 1 aliphatic heterocycles. The highest BCUT2D eigenvalue weighted by molar-refractivity contribution is 5.93. The van der Waals surface area contributed by atoms with Crippen molar-refractivity contribution in [1.82, 2.24) is 14.7 Å². The van der Waals surface area contributed by atoms with Gasteiger partial charge in [0.15, 0.2) is 0 Å². The number of piperidine rings is 1. The SMILES string of the molecule is Cc1ccn(C(C)C(=O)Nc2ccc(CN3CCCCC3)cc2)n1. The Morgan fingerprint density at radius 3 is 2.50 bits per heavy atom. The summed E-state index contributed by atoms with van der Waals surface area (Å²) in [7, 11) is 0. The Morgan fingerprint density at radius 1 is 1.17 bits per heavy atom. The summed E-state index contributed by atoms with van der Waals surface area (Å²) in [6.07, 6.45) is 5.80. The van der Waals surface area contributed by atoms with Gasteiger partial charge < -0.3 is 5.32 Å². The topological polar surface area (TPSA) is 50.2 Å². The van der Waals surface area contributed by atoms with Crippen molar-refractivity contribution in [3.63, 3.8) is 0 Å². The van der Waals surface area contributed by atoms with Crippen LogP contribution in [0.4, 0.5) is 5.69 Å². The van der Waals surface area contributed by atoms with Crippen molar-refractivity contribution in [3.05, 3.63) is 47.8 Å². The highest BCUT2D eigenvalue weighted by atomic mass is 16.2. The second kappa shape index (κ2) is 7.62. The van der Waals surface area contributed by atoms with Gasteiger partial charge in [-0.2, -0.15) is 5.10 Å². The maximum atomic E-state index is 12.3. The number of amides is 1. The Balaban J connectivity index is 1.56. The molecule has 3 rings (SSSR count). The predicted molar refractivity (Wildman–Crippen MR) is 95.9 cm³/mol.